The van der Waals surface area contributed by atoms with Crippen LogP contribution in [0.25, 0.3) is 0 Å². The summed E-state index contributed by atoms with van der Waals surface area (Å²) in [7, 11) is -3.20. The van der Waals surface area contributed by atoms with Gasteiger partial charge in [-0.05, 0) is 6.42 Å². The van der Waals surface area contributed by atoms with E-state index in [0.29, 0.717) is 13.0 Å². The Morgan fingerprint density at radius 3 is 2.67 bits per heavy atom. The Kier molecular flexibility index (Phi) is 3.34. The van der Waals surface area contributed by atoms with Crippen molar-refractivity contribution >= 4 is 21.6 Å². The summed E-state index contributed by atoms with van der Waals surface area (Å²) in [5, 5.41) is 9.09. The standard InChI is InChI=1S/C6H12ClNO3S/c7-2-4-12(10,11)8-3-1-6(9)5-8/h6,9H,1-5H2. The summed E-state index contributed by atoms with van der Waals surface area (Å²) >= 11 is 5.33. The van der Waals surface area contributed by atoms with Crippen LogP contribution in [0.5, 0.6) is 0 Å². The van der Waals surface area contributed by atoms with Crippen LogP contribution in [0.1, 0.15) is 6.42 Å². The number of sulfonamides is 1. The molecule has 1 saturated heterocycles. The molecule has 0 bridgehead atoms. The number of hydrogen-bond acceptors (Lipinski definition) is 3. The van der Waals surface area contributed by atoms with Crippen LogP contribution in [0.15, 0.2) is 0 Å². The second kappa shape index (κ2) is 3.91. The number of aliphatic hydroxyl groups excluding tert-OH is 1. The number of halogens is 1. The van der Waals surface area contributed by atoms with Gasteiger partial charge in [-0.1, -0.05) is 0 Å². The monoisotopic (exact) mass is 213 g/mol. The maximum atomic E-state index is 11.3. The number of β-amino-alcohol motifs (C(OH)–C–C–N with tert-alkyl or cyclic N) is 1. The highest BCUT2D eigenvalue weighted by Crippen LogP contribution is 2.13. The Morgan fingerprint density at radius 2 is 2.25 bits per heavy atom. The number of aliphatic hydroxyl groups is 1. The van der Waals surface area contributed by atoms with Crippen LogP contribution < -0.4 is 0 Å². The zero-order valence-electron chi connectivity index (χ0n) is 6.61. The van der Waals surface area contributed by atoms with Crippen LogP contribution in [0.4, 0.5) is 0 Å². The number of rotatable bonds is 3. The molecule has 1 heterocycles. The maximum Gasteiger partial charge on any atom is 0.215 e. The lowest BCUT2D eigenvalue weighted by atomic mass is 10.3. The summed E-state index contributed by atoms with van der Waals surface area (Å²) < 4.78 is 23.9. The minimum atomic E-state index is -3.20. The van der Waals surface area contributed by atoms with Crippen LogP contribution in [0.3, 0.4) is 0 Å². The van der Waals surface area contributed by atoms with E-state index in [1.54, 1.807) is 0 Å². The number of nitrogens with zero attached hydrogens (tertiary/aromatic N) is 1. The molecule has 1 rings (SSSR count). The summed E-state index contributed by atoms with van der Waals surface area (Å²) in [5.74, 6) is 0.0657. The summed E-state index contributed by atoms with van der Waals surface area (Å²) in [5.41, 5.74) is 0. The fourth-order valence-electron chi connectivity index (χ4n) is 1.19. The van der Waals surface area contributed by atoms with Crippen LogP contribution in [-0.4, -0.2) is 48.7 Å². The van der Waals surface area contributed by atoms with Gasteiger partial charge in [0.15, 0.2) is 0 Å². The van der Waals surface area contributed by atoms with E-state index in [4.69, 9.17) is 16.7 Å². The third kappa shape index (κ3) is 2.32. The van der Waals surface area contributed by atoms with Crippen LogP contribution in [0, 0.1) is 0 Å². The molecule has 1 aliphatic rings. The summed E-state index contributed by atoms with van der Waals surface area (Å²) in [6, 6.07) is 0. The first-order valence-electron chi connectivity index (χ1n) is 3.78. The normalized spacial score (nSPS) is 26.3. The summed E-state index contributed by atoms with van der Waals surface area (Å²) in [6.45, 7) is 0.639. The van der Waals surface area contributed by atoms with Gasteiger partial charge in [-0.15, -0.1) is 11.6 Å². The first kappa shape index (κ1) is 10.2. The highest BCUT2D eigenvalue weighted by atomic mass is 35.5. The van der Waals surface area contributed by atoms with Gasteiger partial charge in [-0.2, -0.15) is 4.31 Å². The lowest BCUT2D eigenvalue weighted by molar-refractivity contribution is 0.189. The SMILES string of the molecule is O=S(=O)(CCCl)N1CCC(O)C1. The van der Waals surface area contributed by atoms with Crippen molar-refractivity contribution in [2.75, 3.05) is 24.7 Å². The zero-order valence-corrected chi connectivity index (χ0v) is 8.18. The molecule has 0 radical (unpaired) electrons. The van der Waals surface area contributed by atoms with Gasteiger partial charge in [0.1, 0.15) is 0 Å². The molecule has 1 N–H and O–H groups in total. The topological polar surface area (TPSA) is 57.6 Å². The molecule has 0 aromatic rings. The van der Waals surface area contributed by atoms with Crippen molar-refractivity contribution in [1.82, 2.24) is 4.31 Å². The molecule has 0 saturated carbocycles. The van der Waals surface area contributed by atoms with Crippen LogP contribution in [-0.2, 0) is 10.0 Å². The zero-order chi connectivity index (χ0) is 9.19. The van der Waals surface area contributed by atoms with E-state index in [0.717, 1.165) is 0 Å². The minimum Gasteiger partial charge on any atom is -0.392 e. The first-order chi connectivity index (χ1) is 5.56. The van der Waals surface area contributed by atoms with Crippen LogP contribution >= 0.6 is 11.6 Å². The second-order valence-electron chi connectivity index (χ2n) is 2.81. The molecule has 1 unspecified atom stereocenters. The molecule has 1 aliphatic heterocycles. The average Bonchev–Trinajstić information content (AvgIpc) is 2.36. The second-order valence-corrected chi connectivity index (χ2v) is 5.27. The molecule has 0 aromatic heterocycles. The molecular formula is C6H12ClNO3S. The van der Waals surface area contributed by atoms with Gasteiger partial charge in [-0.25, -0.2) is 8.42 Å². The number of alkyl halides is 1. The number of hydrogen-bond donors (Lipinski definition) is 1. The predicted molar refractivity (Wildman–Crippen MR) is 46.7 cm³/mol. The third-order valence-electron chi connectivity index (χ3n) is 1.85. The molecule has 0 aliphatic carbocycles. The minimum absolute atomic E-state index is 0.0404. The van der Waals surface area contributed by atoms with Gasteiger partial charge in [0.2, 0.25) is 10.0 Å². The van der Waals surface area contributed by atoms with Gasteiger partial charge in [0.05, 0.1) is 11.9 Å². The first-order valence-corrected chi connectivity index (χ1v) is 5.92. The van der Waals surface area contributed by atoms with E-state index in [9.17, 15) is 8.42 Å². The summed E-state index contributed by atoms with van der Waals surface area (Å²) in [6.07, 6.45) is 0.0247. The van der Waals surface area contributed by atoms with Crippen molar-refractivity contribution in [1.29, 1.82) is 0 Å². The van der Waals surface area contributed by atoms with Gasteiger partial charge in [0, 0.05) is 19.0 Å². The molecule has 1 fully saturated rings. The Labute approximate surface area is 77.2 Å². The van der Waals surface area contributed by atoms with E-state index in [1.807, 2.05) is 0 Å². The Bertz CT molecular complexity index is 241. The van der Waals surface area contributed by atoms with Crippen molar-refractivity contribution in [3.05, 3.63) is 0 Å². The molecule has 12 heavy (non-hydrogen) atoms. The van der Waals surface area contributed by atoms with Crippen molar-refractivity contribution in [2.24, 2.45) is 0 Å². The lowest BCUT2D eigenvalue weighted by Crippen LogP contribution is -2.32. The predicted octanol–water partition coefficient (Wildman–Crippen LogP) is -0.378. The van der Waals surface area contributed by atoms with Crippen molar-refractivity contribution in [2.45, 2.75) is 12.5 Å². The lowest BCUT2D eigenvalue weighted by Gasteiger charge is -2.13. The molecular weight excluding hydrogens is 202 g/mol. The van der Waals surface area contributed by atoms with Gasteiger partial charge in [0.25, 0.3) is 0 Å². The smallest absolute Gasteiger partial charge is 0.215 e. The van der Waals surface area contributed by atoms with Gasteiger partial charge in [-0.3, -0.25) is 0 Å². The van der Waals surface area contributed by atoms with Crippen molar-refractivity contribution in [3.63, 3.8) is 0 Å². The van der Waals surface area contributed by atoms with E-state index in [-0.39, 0.29) is 18.2 Å². The van der Waals surface area contributed by atoms with Crippen LogP contribution in [0.2, 0.25) is 0 Å². The maximum absolute atomic E-state index is 11.3. The van der Waals surface area contributed by atoms with Crippen molar-refractivity contribution in [3.8, 4) is 0 Å². The summed E-state index contributed by atoms with van der Waals surface area (Å²) in [4.78, 5) is 0. The Morgan fingerprint density at radius 1 is 1.58 bits per heavy atom. The Balaban J connectivity index is 2.58. The van der Waals surface area contributed by atoms with E-state index in [2.05, 4.69) is 0 Å². The largest absolute Gasteiger partial charge is 0.392 e. The van der Waals surface area contributed by atoms with Gasteiger partial charge >= 0.3 is 0 Å². The third-order valence-corrected chi connectivity index (χ3v) is 4.11. The quantitative estimate of drug-likeness (QED) is 0.651. The van der Waals surface area contributed by atoms with E-state index < -0.39 is 16.1 Å². The fraction of sp³-hybridized carbons (Fsp3) is 1.00. The Hall–Kier alpha value is 0.160. The molecule has 6 heteroatoms. The molecule has 0 aromatic carbocycles. The molecule has 1 atom stereocenters. The average molecular weight is 214 g/mol. The molecule has 4 nitrogen and oxygen atoms in total. The van der Waals surface area contributed by atoms with E-state index in [1.165, 1.54) is 4.31 Å². The highest BCUT2D eigenvalue weighted by molar-refractivity contribution is 7.89. The molecule has 72 valence electrons. The van der Waals surface area contributed by atoms with Crippen molar-refractivity contribution < 1.29 is 13.5 Å². The molecule has 0 amide bonds. The fourth-order valence-corrected chi connectivity index (χ4v) is 3.01. The van der Waals surface area contributed by atoms with E-state index >= 15 is 0 Å². The van der Waals surface area contributed by atoms with Gasteiger partial charge < -0.3 is 5.11 Å². The highest BCUT2D eigenvalue weighted by Gasteiger charge is 2.29. The molecule has 0 spiro atoms.